The van der Waals surface area contributed by atoms with Crippen molar-refractivity contribution in [3.8, 4) is 0 Å². The van der Waals surface area contributed by atoms with E-state index in [4.69, 9.17) is 5.73 Å². The Hall–Kier alpha value is -2.76. The second-order valence-electron chi connectivity index (χ2n) is 7.70. The molecular weight excluding hydrogens is 362 g/mol. The largest absolute Gasteiger partial charge is 0.326 e. The lowest BCUT2D eigenvalue weighted by atomic mass is 9.98. The standard InChI is InChI=1S/C24H27N3O2/c25-17-18-7-9-19(10-8-18)20-11-15-26(16-12-20)13-3-4-14-27-23(28)21-5-1-2-6-22(21)24(27)29/h1-2,5-11H,3-4,12-17,25H2. The average Bonchev–Trinajstić information content (AvgIpc) is 3.02. The molecule has 2 N–H and O–H groups in total. The van der Waals surface area contributed by atoms with Crippen LogP contribution in [0.3, 0.4) is 0 Å². The molecule has 2 aromatic carbocycles. The molecule has 4 rings (SSSR count). The number of hydrogen-bond acceptors (Lipinski definition) is 4. The molecule has 0 saturated heterocycles. The van der Waals surface area contributed by atoms with Gasteiger partial charge in [0.15, 0.2) is 0 Å². The molecule has 0 spiro atoms. The Bertz CT molecular complexity index is 898. The van der Waals surface area contributed by atoms with Crippen LogP contribution >= 0.6 is 0 Å². The van der Waals surface area contributed by atoms with Gasteiger partial charge in [0.05, 0.1) is 11.1 Å². The van der Waals surface area contributed by atoms with Crippen molar-refractivity contribution in [2.75, 3.05) is 26.2 Å². The van der Waals surface area contributed by atoms with Crippen LogP contribution in [-0.4, -0.2) is 47.8 Å². The molecule has 29 heavy (non-hydrogen) atoms. The highest BCUT2D eigenvalue weighted by Crippen LogP contribution is 2.24. The summed E-state index contributed by atoms with van der Waals surface area (Å²) >= 11 is 0. The van der Waals surface area contributed by atoms with Crippen molar-refractivity contribution >= 4 is 17.4 Å². The number of unbranched alkanes of at least 4 members (excludes halogenated alkanes) is 1. The van der Waals surface area contributed by atoms with E-state index in [-0.39, 0.29) is 11.8 Å². The summed E-state index contributed by atoms with van der Waals surface area (Å²) in [5, 5.41) is 0. The Labute approximate surface area is 171 Å². The van der Waals surface area contributed by atoms with Crippen molar-refractivity contribution in [1.29, 1.82) is 0 Å². The molecule has 0 atom stereocenters. The third-order valence-corrected chi connectivity index (χ3v) is 5.84. The molecule has 0 aliphatic carbocycles. The molecule has 150 valence electrons. The van der Waals surface area contributed by atoms with Crippen LogP contribution in [0, 0.1) is 0 Å². The molecule has 2 heterocycles. The van der Waals surface area contributed by atoms with Gasteiger partial charge in [0, 0.05) is 26.2 Å². The molecule has 0 saturated carbocycles. The number of fused-ring (bicyclic) bond motifs is 1. The van der Waals surface area contributed by atoms with Crippen molar-refractivity contribution in [2.45, 2.75) is 25.8 Å². The van der Waals surface area contributed by atoms with Crippen LogP contribution in [0.25, 0.3) is 5.57 Å². The summed E-state index contributed by atoms with van der Waals surface area (Å²) in [7, 11) is 0. The molecule has 0 aromatic heterocycles. The van der Waals surface area contributed by atoms with Gasteiger partial charge in [-0.05, 0) is 54.6 Å². The second-order valence-corrected chi connectivity index (χ2v) is 7.70. The number of benzene rings is 2. The van der Waals surface area contributed by atoms with Crippen molar-refractivity contribution in [1.82, 2.24) is 9.80 Å². The van der Waals surface area contributed by atoms with E-state index in [1.165, 1.54) is 16.0 Å². The summed E-state index contributed by atoms with van der Waals surface area (Å²) in [4.78, 5) is 28.6. The van der Waals surface area contributed by atoms with E-state index < -0.39 is 0 Å². The van der Waals surface area contributed by atoms with Gasteiger partial charge in [-0.2, -0.15) is 0 Å². The molecule has 0 fully saturated rings. The van der Waals surface area contributed by atoms with Gasteiger partial charge in [-0.3, -0.25) is 19.4 Å². The van der Waals surface area contributed by atoms with E-state index in [0.29, 0.717) is 24.2 Å². The Kier molecular flexibility index (Phi) is 5.88. The fourth-order valence-corrected chi connectivity index (χ4v) is 4.08. The predicted molar refractivity (Wildman–Crippen MR) is 114 cm³/mol. The van der Waals surface area contributed by atoms with Gasteiger partial charge in [-0.15, -0.1) is 0 Å². The molecule has 2 aromatic rings. The van der Waals surface area contributed by atoms with Crippen LogP contribution in [0.15, 0.2) is 54.6 Å². The number of nitrogens with zero attached hydrogens (tertiary/aromatic N) is 2. The Morgan fingerprint density at radius 1 is 0.862 bits per heavy atom. The SMILES string of the molecule is NCc1ccc(C2=CCN(CCCCN3C(=O)c4ccccc4C3=O)CC2)cc1. The van der Waals surface area contributed by atoms with Crippen molar-refractivity contribution in [3.05, 3.63) is 76.9 Å². The topological polar surface area (TPSA) is 66.6 Å². The van der Waals surface area contributed by atoms with E-state index in [0.717, 1.165) is 44.5 Å². The van der Waals surface area contributed by atoms with Gasteiger partial charge < -0.3 is 5.73 Å². The Morgan fingerprint density at radius 2 is 1.52 bits per heavy atom. The summed E-state index contributed by atoms with van der Waals surface area (Å²) in [5.41, 5.74) is 10.6. The molecule has 0 radical (unpaired) electrons. The normalized spacial score (nSPS) is 16.9. The van der Waals surface area contributed by atoms with Crippen LogP contribution in [0.2, 0.25) is 0 Å². The van der Waals surface area contributed by atoms with E-state index in [1.54, 1.807) is 24.3 Å². The number of imide groups is 1. The minimum absolute atomic E-state index is 0.156. The summed E-state index contributed by atoms with van der Waals surface area (Å²) in [6.07, 6.45) is 5.16. The number of hydrogen-bond donors (Lipinski definition) is 1. The lowest BCUT2D eigenvalue weighted by Gasteiger charge is -2.26. The fraction of sp³-hybridized carbons (Fsp3) is 0.333. The first kappa shape index (κ1) is 19.6. The van der Waals surface area contributed by atoms with E-state index in [9.17, 15) is 9.59 Å². The quantitative estimate of drug-likeness (QED) is 0.583. The first-order valence-corrected chi connectivity index (χ1v) is 10.3. The number of nitrogens with two attached hydrogens (primary N) is 1. The first-order valence-electron chi connectivity index (χ1n) is 10.3. The fourth-order valence-electron chi connectivity index (χ4n) is 4.08. The monoisotopic (exact) mass is 389 g/mol. The molecule has 0 unspecified atom stereocenters. The van der Waals surface area contributed by atoms with Crippen LogP contribution in [0.5, 0.6) is 0 Å². The van der Waals surface area contributed by atoms with Crippen LogP contribution in [0.1, 0.15) is 51.1 Å². The molecule has 2 aliphatic rings. The highest BCUT2D eigenvalue weighted by molar-refractivity contribution is 6.21. The second kappa shape index (κ2) is 8.72. The molecule has 2 amide bonds. The summed E-state index contributed by atoms with van der Waals surface area (Å²) in [6.45, 7) is 4.04. The highest BCUT2D eigenvalue weighted by Gasteiger charge is 2.34. The Balaban J connectivity index is 1.23. The van der Waals surface area contributed by atoms with Gasteiger partial charge in [-0.25, -0.2) is 0 Å². The van der Waals surface area contributed by atoms with Crippen LogP contribution < -0.4 is 5.73 Å². The zero-order valence-corrected chi connectivity index (χ0v) is 16.6. The third-order valence-electron chi connectivity index (χ3n) is 5.84. The molecule has 5 heteroatoms. The maximum atomic E-state index is 12.4. The maximum absolute atomic E-state index is 12.4. The van der Waals surface area contributed by atoms with Gasteiger partial charge in [0.25, 0.3) is 11.8 Å². The number of amides is 2. The molecular formula is C24H27N3O2. The molecule has 5 nitrogen and oxygen atoms in total. The zero-order chi connectivity index (χ0) is 20.2. The van der Waals surface area contributed by atoms with Crippen LogP contribution in [0.4, 0.5) is 0 Å². The minimum Gasteiger partial charge on any atom is -0.326 e. The van der Waals surface area contributed by atoms with E-state index in [1.807, 2.05) is 0 Å². The first-order chi connectivity index (χ1) is 14.2. The summed E-state index contributed by atoms with van der Waals surface area (Å²) in [5.74, 6) is -0.311. The average molecular weight is 389 g/mol. The smallest absolute Gasteiger partial charge is 0.261 e. The van der Waals surface area contributed by atoms with Crippen LogP contribution in [-0.2, 0) is 6.54 Å². The number of carbonyl (C=O) groups excluding carboxylic acids is 2. The summed E-state index contributed by atoms with van der Waals surface area (Å²) in [6, 6.07) is 15.6. The third kappa shape index (κ3) is 4.16. The van der Waals surface area contributed by atoms with E-state index in [2.05, 4.69) is 35.2 Å². The van der Waals surface area contributed by atoms with Gasteiger partial charge >= 0.3 is 0 Å². The van der Waals surface area contributed by atoms with Gasteiger partial charge in [0.2, 0.25) is 0 Å². The lowest BCUT2D eigenvalue weighted by Crippen LogP contribution is -2.32. The number of rotatable bonds is 7. The van der Waals surface area contributed by atoms with Crippen molar-refractivity contribution in [2.24, 2.45) is 5.73 Å². The minimum atomic E-state index is -0.156. The maximum Gasteiger partial charge on any atom is 0.261 e. The van der Waals surface area contributed by atoms with E-state index >= 15 is 0 Å². The predicted octanol–water partition coefficient (Wildman–Crippen LogP) is 3.31. The highest BCUT2D eigenvalue weighted by atomic mass is 16.2. The van der Waals surface area contributed by atoms with Gasteiger partial charge in [0.1, 0.15) is 0 Å². The summed E-state index contributed by atoms with van der Waals surface area (Å²) < 4.78 is 0. The zero-order valence-electron chi connectivity index (χ0n) is 16.6. The number of carbonyl (C=O) groups is 2. The van der Waals surface area contributed by atoms with Crippen molar-refractivity contribution < 1.29 is 9.59 Å². The Morgan fingerprint density at radius 3 is 2.10 bits per heavy atom. The lowest BCUT2D eigenvalue weighted by molar-refractivity contribution is 0.0650. The molecule has 2 aliphatic heterocycles. The van der Waals surface area contributed by atoms with Crippen molar-refractivity contribution in [3.63, 3.8) is 0 Å². The van der Waals surface area contributed by atoms with Gasteiger partial charge in [-0.1, -0.05) is 42.5 Å². The molecule has 0 bridgehead atoms.